The van der Waals surface area contributed by atoms with Gasteiger partial charge in [0.2, 0.25) is 0 Å². The van der Waals surface area contributed by atoms with Crippen LogP contribution in [0.25, 0.3) is 22.2 Å². The van der Waals surface area contributed by atoms with E-state index in [2.05, 4.69) is 4.57 Å². The Bertz CT molecular complexity index is 1040. The maximum Gasteiger partial charge on any atom is 0.345 e. The molecule has 0 N–H and O–H groups in total. The van der Waals surface area contributed by atoms with Crippen molar-refractivity contribution >= 4 is 16.8 Å². The molecule has 0 unspecified atom stereocenters. The summed E-state index contributed by atoms with van der Waals surface area (Å²) < 4.78 is 7.75. The molecule has 2 aromatic heterocycles. The molecule has 4 rings (SSSR count). The van der Waals surface area contributed by atoms with E-state index in [-0.39, 0.29) is 11.4 Å². The minimum Gasteiger partial charge on any atom is -0.422 e. The first kappa shape index (κ1) is 16.8. The molecule has 1 saturated carbocycles. The molecular formula is C22H23NO3. The summed E-state index contributed by atoms with van der Waals surface area (Å²) in [6, 6.07) is 11.6. The first-order chi connectivity index (χ1) is 12.6. The van der Waals surface area contributed by atoms with Gasteiger partial charge < -0.3 is 8.98 Å². The molecule has 0 aliphatic heterocycles. The molecule has 4 heteroatoms. The fourth-order valence-corrected chi connectivity index (χ4v) is 4.24. The summed E-state index contributed by atoms with van der Waals surface area (Å²) in [6.07, 6.45) is 5.79. The topological polar surface area (TPSA) is 52.2 Å². The lowest BCUT2D eigenvalue weighted by Crippen LogP contribution is -2.17. The Balaban J connectivity index is 1.96. The number of fused-ring (bicyclic) bond motifs is 1. The second-order valence-electron chi connectivity index (χ2n) is 7.23. The second-order valence-corrected chi connectivity index (χ2v) is 7.23. The summed E-state index contributed by atoms with van der Waals surface area (Å²) in [4.78, 5) is 24.8. The van der Waals surface area contributed by atoms with E-state index in [4.69, 9.17) is 4.42 Å². The SMILES string of the molecule is CC(=O)c1cc(-c2cc3ccccc3oc2=O)n(C2CCCCC2)c1C. The van der Waals surface area contributed by atoms with Crippen molar-refractivity contribution in [2.75, 3.05) is 0 Å². The van der Waals surface area contributed by atoms with Crippen molar-refractivity contribution in [1.82, 2.24) is 4.57 Å². The highest BCUT2D eigenvalue weighted by Crippen LogP contribution is 2.36. The van der Waals surface area contributed by atoms with E-state index in [1.54, 1.807) is 13.0 Å². The lowest BCUT2D eigenvalue weighted by molar-refractivity contribution is 0.101. The second kappa shape index (κ2) is 6.60. The Morgan fingerprint density at radius 3 is 2.58 bits per heavy atom. The highest BCUT2D eigenvalue weighted by atomic mass is 16.4. The number of para-hydroxylation sites is 1. The lowest BCUT2D eigenvalue weighted by Gasteiger charge is -2.27. The van der Waals surface area contributed by atoms with Crippen LogP contribution in [-0.4, -0.2) is 10.4 Å². The van der Waals surface area contributed by atoms with Crippen LogP contribution in [0.4, 0.5) is 0 Å². The number of carbonyl (C=O) groups excluding carboxylic acids is 1. The highest BCUT2D eigenvalue weighted by Gasteiger charge is 2.25. The lowest BCUT2D eigenvalue weighted by atomic mass is 9.94. The van der Waals surface area contributed by atoms with Crippen LogP contribution in [0.15, 0.2) is 45.6 Å². The smallest absolute Gasteiger partial charge is 0.345 e. The van der Waals surface area contributed by atoms with Gasteiger partial charge in [0.25, 0.3) is 0 Å². The predicted molar refractivity (Wildman–Crippen MR) is 103 cm³/mol. The van der Waals surface area contributed by atoms with E-state index in [1.807, 2.05) is 37.3 Å². The number of Topliss-reactive ketones (excluding diaryl/α,β-unsaturated/α-hetero) is 1. The average Bonchev–Trinajstić information content (AvgIpc) is 2.99. The molecule has 4 nitrogen and oxygen atoms in total. The Labute approximate surface area is 152 Å². The molecule has 0 spiro atoms. The predicted octanol–water partition coefficient (Wildman–Crippen LogP) is 5.28. The number of aromatic nitrogens is 1. The molecule has 2 heterocycles. The van der Waals surface area contributed by atoms with Gasteiger partial charge in [0.05, 0.1) is 11.3 Å². The van der Waals surface area contributed by atoms with Crippen molar-refractivity contribution in [1.29, 1.82) is 0 Å². The van der Waals surface area contributed by atoms with Crippen molar-refractivity contribution in [3.63, 3.8) is 0 Å². The number of carbonyl (C=O) groups is 1. The summed E-state index contributed by atoms with van der Waals surface area (Å²) in [7, 11) is 0. The largest absolute Gasteiger partial charge is 0.422 e. The third-order valence-electron chi connectivity index (χ3n) is 5.53. The van der Waals surface area contributed by atoms with Gasteiger partial charge in [-0.2, -0.15) is 0 Å². The fraction of sp³-hybridized carbons (Fsp3) is 0.364. The molecule has 0 saturated heterocycles. The number of ketones is 1. The summed E-state index contributed by atoms with van der Waals surface area (Å²) in [5.74, 6) is 0.0310. The standard InChI is InChI=1S/C22H23NO3/c1-14-18(15(2)24)13-20(23(14)17-9-4-3-5-10-17)19-12-16-8-6-7-11-21(16)26-22(19)25/h6-8,11-13,17H,3-5,9-10H2,1-2H3. The Morgan fingerprint density at radius 1 is 1.12 bits per heavy atom. The van der Waals surface area contributed by atoms with E-state index in [0.717, 1.165) is 29.6 Å². The number of hydrogen-bond donors (Lipinski definition) is 0. The van der Waals surface area contributed by atoms with Crippen molar-refractivity contribution in [2.45, 2.75) is 52.0 Å². The molecule has 1 aliphatic rings. The molecule has 26 heavy (non-hydrogen) atoms. The minimum absolute atomic E-state index is 0.0310. The minimum atomic E-state index is -0.353. The van der Waals surface area contributed by atoms with Crippen LogP contribution in [-0.2, 0) is 0 Å². The molecule has 134 valence electrons. The zero-order valence-electron chi connectivity index (χ0n) is 15.2. The molecule has 0 amide bonds. The van der Waals surface area contributed by atoms with E-state index < -0.39 is 0 Å². The van der Waals surface area contributed by atoms with Gasteiger partial charge >= 0.3 is 5.63 Å². The van der Waals surface area contributed by atoms with Gasteiger partial charge in [-0.1, -0.05) is 37.5 Å². The average molecular weight is 349 g/mol. The van der Waals surface area contributed by atoms with Gasteiger partial charge in [0, 0.05) is 22.7 Å². The molecular weight excluding hydrogens is 326 g/mol. The monoisotopic (exact) mass is 349 g/mol. The maximum atomic E-state index is 12.7. The zero-order valence-corrected chi connectivity index (χ0v) is 15.2. The third-order valence-corrected chi connectivity index (χ3v) is 5.53. The molecule has 1 aromatic carbocycles. The highest BCUT2D eigenvalue weighted by molar-refractivity contribution is 5.97. The van der Waals surface area contributed by atoms with Crippen LogP contribution in [0.1, 0.15) is 61.1 Å². The van der Waals surface area contributed by atoms with Gasteiger partial charge in [-0.15, -0.1) is 0 Å². The number of nitrogens with zero attached hydrogens (tertiary/aromatic N) is 1. The van der Waals surface area contributed by atoms with Crippen LogP contribution in [0.3, 0.4) is 0 Å². The Morgan fingerprint density at radius 2 is 1.85 bits per heavy atom. The van der Waals surface area contributed by atoms with Crippen LogP contribution in [0.5, 0.6) is 0 Å². The molecule has 3 aromatic rings. The number of benzene rings is 1. The van der Waals surface area contributed by atoms with E-state index in [9.17, 15) is 9.59 Å². The van der Waals surface area contributed by atoms with Crippen molar-refractivity contribution in [2.24, 2.45) is 0 Å². The normalized spacial score (nSPS) is 15.5. The summed E-state index contributed by atoms with van der Waals surface area (Å²) in [5.41, 5.74) is 3.21. The van der Waals surface area contributed by atoms with Crippen LogP contribution < -0.4 is 5.63 Å². The number of rotatable bonds is 3. The van der Waals surface area contributed by atoms with Crippen molar-refractivity contribution in [3.8, 4) is 11.3 Å². The summed E-state index contributed by atoms with van der Waals surface area (Å²) in [5, 5.41) is 0.889. The van der Waals surface area contributed by atoms with Crippen molar-refractivity contribution in [3.05, 3.63) is 58.1 Å². The first-order valence-corrected chi connectivity index (χ1v) is 9.32. The Kier molecular flexibility index (Phi) is 4.27. The summed E-state index contributed by atoms with van der Waals surface area (Å²) >= 11 is 0. The quantitative estimate of drug-likeness (QED) is 0.477. The molecule has 0 atom stereocenters. The van der Waals surface area contributed by atoms with Gasteiger partial charge in [0.1, 0.15) is 5.58 Å². The van der Waals surface area contributed by atoms with E-state index in [0.29, 0.717) is 22.8 Å². The molecule has 1 fully saturated rings. The van der Waals surface area contributed by atoms with Gasteiger partial charge in [-0.3, -0.25) is 4.79 Å². The van der Waals surface area contributed by atoms with Gasteiger partial charge in [-0.25, -0.2) is 4.79 Å². The van der Waals surface area contributed by atoms with Crippen LogP contribution in [0, 0.1) is 6.92 Å². The molecule has 0 bridgehead atoms. The number of hydrogen-bond acceptors (Lipinski definition) is 3. The zero-order chi connectivity index (χ0) is 18.3. The van der Waals surface area contributed by atoms with Crippen LogP contribution in [0.2, 0.25) is 0 Å². The summed E-state index contributed by atoms with van der Waals surface area (Å²) in [6.45, 7) is 3.57. The van der Waals surface area contributed by atoms with E-state index in [1.165, 1.54) is 19.3 Å². The van der Waals surface area contributed by atoms with Gasteiger partial charge in [-0.05, 0) is 44.9 Å². The fourth-order valence-electron chi connectivity index (χ4n) is 4.24. The first-order valence-electron chi connectivity index (χ1n) is 9.32. The third kappa shape index (κ3) is 2.79. The maximum absolute atomic E-state index is 12.7. The van der Waals surface area contributed by atoms with E-state index >= 15 is 0 Å². The van der Waals surface area contributed by atoms with Crippen LogP contribution >= 0.6 is 0 Å². The van der Waals surface area contributed by atoms with Gasteiger partial charge in [0.15, 0.2) is 5.78 Å². The Hall–Kier alpha value is -2.62. The molecule has 1 aliphatic carbocycles. The molecule has 0 radical (unpaired) electrons. The van der Waals surface area contributed by atoms with Crippen molar-refractivity contribution < 1.29 is 9.21 Å².